The van der Waals surface area contributed by atoms with E-state index in [0.717, 1.165) is 7.11 Å². The third-order valence-electron chi connectivity index (χ3n) is 2.34. The lowest BCUT2D eigenvalue weighted by Gasteiger charge is -2.16. The number of methoxy groups -OCH3 is 3. The van der Waals surface area contributed by atoms with E-state index in [1.54, 1.807) is 0 Å². The van der Waals surface area contributed by atoms with E-state index in [1.165, 1.54) is 32.4 Å². The molecule has 0 radical (unpaired) electrons. The van der Waals surface area contributed by atoms with Crippen molar-refractivity contribution in [3.8, 4) is 0 Å². The maximum absolute atomic E-state index is 11.7. The number of nitro groups is 1. The minimum atomic E-state index is -0.876. The van der Waals surface area contributed by atoms with E-state index in [9.17, 15) is 14.9 Å². The molecule has 0 fully saturated rings. The molecule has 18 heavy (non-hydrogen) atoms. The van der Waals surface area contributed by atoms with Crippen molar-refractivity contribution in [3.63, 3.8) is 0 Å². The van der Waals surface area contributed by atoms with Gasteiger partial charge in [-0.1, -0.05) is 12.1 Å². The van der Waals surface area contributed by atoms with Crippen molar-refractivity contribution in [2.45, 2.75) is 6.29 Å². The van der Waals surface area contributed by atoms with Crippen LogP contribution in [-0.4, -0.2) is 32.2 Å². The van der Waals surface area contributed by atoms with Crippen molar-refractivity contribution < 1.29 is 23.9 Å². The van der Waals surface area contributed by atoms with Gasteiger partial charge in [-0.05, 0) is 0 Å². The molecular formula is C11H13NO6. The molecule has 0 N–H and O–H groups in total. The van der Waals surface area contributed by atoms with Crippen LogP contribution in [0.25, 0.3) is 0 Å². The van der Waals surface area contributed by atoms with Crippen molar-refractivity contribution in [1.82, 2.24) is 0 Å². The van der Waals surface area contributed by atoms with Gasteiger partial charge < -0.3 is 14.2 Å². The van der Waals surface area contributed by atoms with Crippen LogP contribution >= 0.6 is 0 Å². The zero-order valence-electron chi connectivity index (χ0n) is 10.2. The van der Waals surface area contributed by atoms with E-state index < -0.39 is 17.2 Å². The SMILES string of the molecule is COC(=O)c1c(C(OC)OC)cccc1[N+](=O)[O-]. The number of esters is 1. The average molecular weight is 255 g/mol. The molecule has 0 aliphatic heterocycles. The number of carbonyl (C=O) groups excluding carboxylic acids is 1. The summed E-state index contributed by atoms with van der Waals surface area (Å²) in [5.41, 5.74) is -0.266. The maximum atomic E-state index is 11.7. The fourth-order valence-corrected chi connectivity index (χ4v) is 1.58. The summed E-state index contributed by atoms with van der Waals surface area (Å²) in [6.45, 7) is 0. The Morgan fingerprint density at radius 2 is 1.89 bits per heavy atom. The molecule has 1 aromatic carbocycles. The van der Waals surface area contributed by atoms with Gasteiger partial charge in [0, 0.05) is 25.8 Å². The van der Waals surface area contributed by atoms with Crippen LogP contribution in [0.15, 0.2) is 18.2 Å². The highest BCUT2D eigenvalue weighted by molar-refractivity contribution is 5.95. The van der Waals surface area contributed by atoms with E-state index >= 15 is 0 Å². The standard InChI is InChI=1S/C11H13NO6/c1-16-10(13)9-7(11(17-2)18-3)5-4-6-8(9)12(14)15/h4-6,11H,1-3H3. The number of ether oxygens (including phenoxy) is 3. The molecule has 0 bridgehead atoms. The van der Waals surface area contributed by atoms with Crippen LogP contribution in [0.3, 0.4) is 0 Å². The van der Waals surface area contributed by atoms with Crippen LogP contribution < -0.4 is 0 Å². The summed E-state index contributed by atoms with van der Waals surface area (Å²) in [5.74, 6) is -0.809. The molecule has 7 nitrogen and oxygen atoms in total. The topological polar surface area (TPSA) is 87.9 Å². The summed E-state index contributed by atoms with van der Waals surface area (Å²) in [6.07, 6.45) is -0.876. The van der Waals surface area contributed by atoms with Crippen LogP contribution in [0.5, 0.6) is 0 Å². The minimum Gasteiger partial charge on any atom is -0.465 e. The summed E-state index contributed by atoms with van der Waals surface area (Å²) in [4.78, 5) is 21.9. The van der Waals surface area contributed by atoms with Gasteiger partial charge in [0.15, 0.2) is 6.29 Å². The van der Waals surface area contributed by atoms with Gasteiger partial charge in [0.25, 0.3) is 5.69 Å². The van der Waals surface area contributed by atoms with Gasteiger partial charge >= 0.3 is 5.97 Å². The van der Waals surface area contributed by atoms with Crippen molar-refractivity contribution >= 4 is 11.7 Å². The summed E-state index contributed by atoms with van der Waals surface area (Å²) in [7, 11) is 3.89. The molecule has 0 aliphatic carbocycles. The summed E-state index contributed by atoms with van der Waals surface area (Å²) in [6, 6.07) is 4.18. The Morgan fingerprint density at radius 1 is 1.28 bits per heavy atom. The Bertz CT molecular complexity index is 455. The first-order chi connectivity index (χ1) is 8.56. The third-order valence-corrected chi connectivity index (χ3v) is 2.34. The lowest BCUT2D eigenvalue weighted by Crippen LogP contribution is -2.14. The highest BCUT2D eigenvalue weighted by Gasteiger charge is 2.28. The van der Waals surface area contributed by atoms with Gasteiger partial charge in [-0.3, -0.25) is 10.1 Å². The van der Waals surface area contributed by atoms with Crippen molar-refractivity contribution in [1.29, 1.82) is 0 Å². The van der Waals surface area contributed by atoms with Gasteiger partial charge in [0.2, 0.25) is 0 Å². The van der Waals surface area contributed by atoms with E-state index in [0.29, 0.717) is 0 Å². The first-order valence-electron chi connectivity index (χ1n) is 4.98. The second-order valence-corrected chi connectivity index (χ2v) is 3.29. The van der Waals surface area contributed by atoms with Crippen molar-refractivity contribution in [2.75, 3.05) is 21.3 Å². The van der Waals surface area contributed by atoms with Crippen molar-refractivity contribution in [3.05, 3.63) is 39.4 Å². The smallest absolute Gasteiger partial charge is 0.345 e. The molecule has 1 aromatic rings. The number of nitro benzene ring substituents is 1. The average Bonchev–Trinajstić information content (AvgIpc) is 2.38. The molecule has 98 valence electrons. The first kappa shape index (κ1) is 14.1. The molecule has 7 heteroatoms. The quantitative estimate of drug-likeness (QED) is 0.344. The molecule has 0 aromatic heterocycles. The predicted molar refractivity (Wildman–Crippen MR) is 61.2 cm³/mol. The molecule has 0 saturated heterocycles. The fourth-order valence-electron chi connectivity index (χ4n) is 1.58. The number of carbonyl (C=O) groups is 1. The second-order valence-electron chi connectivity index (χ2n) is 3.29. The van der Waals surface area contributed by atoms with E-state index in [2.05, 4.69) is 4.74 Å². The molecule has 0 saturated carbocycles. The minimum absolute atomic E-state index is 0.168. The second kappa shape index (κ2) is 6.08. The van der Waals surface area contributed by atoms with Crippen LogP contribution in [0.1, 0.15) is 22.2 Å². The molecule has 1 rings (SSSR count). The zero-order valence-corrected chi connectivity index (χ0v) is 10.2. The Kier molecular flexibility index (Phi) is 4.75. The summed E-state index contributed by atoms with van der Waals surface area (Å²) >= 11 is 0. The molecule has 0 spiro atoms. The first-order valence-corrected chi connectivity index (χ1v) is 4.98. The fraction of sp³-hybridized carbons (Fsp3) is 0.364. The summed E-state index contributed by atoms with van der Waals surface area (Å²) in [5, 5.41) is 10.9. The lowest BCUT2D eigenvalue weighted by atomic mass is 10.0. The third kappa shape index (κ3) is 2.63. The lowest BCUT2D eigenvalue weighted by molar-refractivity contribution is -0.385. The molecular weight excluding hydrogens is 242 g/mol. The normalized spacial score (nSPS) is 10.4. The van der Waals surface area contributed by atoms with Crippen LogP contribution in [0, 0.1) is 10.1 Å². The Morgan fingerprint density at radius 3 is 2.33 bits per heavy atom. The van der Waals surface area contributed by atoms with Crippen LogP contribution in [0.4, 0.5) is 5.69 Å². The molecule has 0 amide bonds. The van der Waals surface area contributed by atoms with Gasteiger partial charge in [0.1, 0.15) is 5.56 Å². The number of hydrogen-bond donors (Lipinski definition) is 0. The van der Waals surface area contributed by atoms with E-state index in [-0.39, 0.29) is 16.8 Å². The monoisotopic (exact) mass is 255 g/mol. The van der Waals surface area contributed by atoms with Gasteiger partial charge in [-0.15, -0.1) is 0 Å². The molecule has 0 atom stereocenters. The number of hydrogen-bond acceptors (Lipinski definition) is 6. The van der Waals surface area contributed by atoms with Gasteiger partial charge in [-0.2, -0.15) is 0 Å². The number of benzene rings is 1. The van der Waals surface area contributed by atoms with Gasteiger partial charge in [-0.25, -0.2) is 4.79 Å². The van der Waals surface area contributed by atoms with Crippen LogP contribution in [-0.2, 0) is 14.2 Å². The molecule has 0 heterocycles. The highest BCUT2D eigenvalue weighted by Crippen LogP contribution is 2.29. The van der Waals surface area contributed by atoms with E-state index in [1.807, 2.05) is 0 Å². The maximum Gasteiger partial charge on any atom is 0.345 e. The summed E-state index contributed by atoms with van der Waals surface area (Å²) < 4.78 is 14.6. The predicted octanol–water partition coefficient (Wildman–Crippen LogP) is 1.67. The van der Waals surface area contributed by atoms with E-state index in [4.69, 9.17) is 9.47 Å². The zero-order chi connectivity index (χ0) is 13.7. The Labute approximate surface area is 103 Å². The number of rotatable bonds is 5. The Balaban J connectivity index is 3.46. The van der Waals surface area contributed by atoms with Crippen LogP contribution in [0.2, 0.25) is 0 Å². The number of nitrogens with zero attached hydrogens (tertiary/aromatic N) is 1. The molecule has 0 unspecified atom stereocenters. The van der Waals surface area contributed by atoms with Gasteiger partial charge in [0.05, 0.1) is 12.0 Å². The molecule has 0 aliphatic rings. The van der Waals surface area contributed by atoms with Crippen molar-refractivity contribution in [2.24, 2.45) is 0 Å². The Hall–Kier alpha value is -1.99. The largest absolute Gasteiger partial charge is 0.465 e. The highest BCUT2D eigenvalue weighted by atomic mass is 16.7.